The van der Waals surface area contributed by atoms with Crippen LogP contribution in [0.4, 0.5) is 16.2 Å². The molecule has 7 heteroatoms. The number of hydrogen-bond acceptors (Lipinski definition) is 4. The van der Waals surface area contributed by atoms with Crippen molar-refractivity contribution in [2.24, 2.45) is 0 Å². The predicted octanol–water partition coefficient (Wildman–Crippen LogP) is 3.79. The van der Waals surface area contributed by atoms with Crippen LogP contribution < -0.4 is 16.0 Å². The Morgan fingerprint density at radius 3 is 2.14 bits per heavy atom. The molecule has 1 atom stereocenters. The average Bonchev–Trinajstić information content (AvgIpc) is 2.61. The second kappa shape index (κ2) is 9.03. The van der Waals surface area contributed by atoms with Gasteiger partial charge in [0.05, 0.1) is 11.3 Å². The van der Waals surface area contributed by atoms with Crippen molar-refractivity contribution in [1.82, 2.24) is 5.32 Å². The summed E-state index contributed by atoms with van der Waals surface area (Å²) in [6.45, 7) is 6.74. The molecule has 0 bridgehead atoms. The summed E-state index contributed by atoms with van der Waals surface area (Å²) in [5.41, 5.74) is 0.638. The van der Waals surface area contributed by atoms with Crippen molar-refractivity contribution in [2.45, 2.75) is 39.3 Å². The number of alkyl carbamates (subject to hydrolysis) is 1. The molecule has 1 unspecified atom stereocenters. The van der Waals surface area contributed by atoms with Crippen LogP contribution in [0.1, 0.15) is 38.1 Å². The lowest BCUT2D eigenvalue weighted by molar-refractivity contribution is -0.117. The number of para-hydroxylation sites is 2. The first-order valence-electron chi connectivity index (χ1n) is 8.91. The van der Waals surface area contributed by atoms with Crippen molar-refractivity contribution < 1.29 is 19.1 Å². The number of hydrogen-bond donors (Lipinski definition) is 3. The number of carbonyl (C=O) groups is 3. The molecule has 0 saturated heterocycles. The topological polar surface area (TPSA) is 96.5 Å². The van der Waals surface area contributed by atoms with Crippen molar-refractivity contribution >= 4 is 29.3 Å². The molecule has 0 saturated carbocycles. The Bertz CT molecular complexity index is 844. The molecule has 2 rings (SSSR count). The van der Waals surface area contributed by atoms with E-state index < -0.39 is 23.6 Å². The van der Waals surface area contributed by atoms with Gasteiger partial charge in [0.2, 0.25) is 5.91 Å². The maximum Gasteiger partial charge on any atom is 0.408 e. The summed E-state index contributed by atoms with van der Waals surface area (Å²) in [4.78, 5) is 36.8. The second-order valence-corrected chi connectivity index (χ2v) is 7.22. The highest BCUT2D eigenvalue weighted by atomic mass is 16.6. The Balaban J connectivity index is 2.04. The molecule has 0 spiro atoms. The number of nitrogens with one attached hydrogen (secondary N) is 3. The van der Waals surface area contributed by atoms with Gasteiger partial charge in [-0.15, -0.1) is 0 Å². The van der Waals surface area contributed by atoms with Gasteiger partial charge in [-0.1, -0.05) is 30.3 Å². The Morgan fingerprint density at radius 2 is 1.50 bits per heavy atom. The highest BCUT2D eigenvalue weighted by Crippen LogP contribution is 2.18. The Morgan fingerprint density at radius 1 is 0.893 bits per heavy atom. The molecule has 0 aliphatic heterocycles. The normalized spacial score (nSPS) is 11.9. The maximum absolute atomic E-state index is 12.6. The molecule has 0 aromatic heterocycles. The van der Waals surface area contributed by atoms with E-state index in [2.05, 4.69) is 16.0 Å². The van der Waals surface area contributed by atoms with E-state index in [1.54, 1.807) is 57.2 Å². The van der Waals surface area contributed by atoms with Crippen molar-refractivity contribution in [2.75, 3.05) is 10.6 Å². The molecule has 28 heavy (non-hydrogen) atoms. The van der Waals surface area contributed by atoms with Crippen LogP contribution in [-0.4, -0.2) is 29.6 Å². The van der Waals surface area contributed by atoms with Crippen LogP contribution in [-0.2, 0) is 9.53 Å². The van der Waals surface area contributed by atoms with Gasteiger partial charge in [-0.2, -0.15) is 0 Å². The van der Waals surface area contributed by atoms with Crippen LogP contribution in [0.5, 0.6) is 0 Å². The first-order chi connectivity index (χ1) is 13.2. The molecule has 0 aliphatic rings. The smallest absolute Gasteiger partial charge is 0.408 e. The van der Waals surface area contributed by atoms with Gasteiger partial charge in [0.25, 0.3) is 5.91 Å². The highest BCUT2D eigenvalue weighted by Gasteiger charge is 2.22. The van der Waals surface area contributed by atoms with E-state index >= 15 is 0 Å². The third-order valence-corrected chi connectivity index (χ3v) is 3.59. The van der Waals surface area contributed by atoms with Gasteiger partial charge in [0.15, 0.2) is 0 Å². The van der Waals surface area contributed by atoms with E-state index in [4.69, 9.17) is 4.74 Å². The summed E-state index contributed by atoms with van der Waals surface area (Å²) in [6, 6.07) is 14.8. The van der Waals surface area contributed by atoms with Gasteiger partial charge in [-0.25, -0.2) is 4.79 Å². The monoisotopic (exact) mass is 383 g/mol. The highest BCUT2D eigenvalue weighted by molar-refractivity contribution is 6.10. The maximum atomic E-state index is 12.6. The zero-order chi connectivity index (χ0) is 20.7. The minimum atomic E-state index is -0.847. The van der Waals surface area contributed by atoms with Crippen LogP contribution >= 0.6 is 0 Å². The van der Waals surface area contributed by atoms with Crippen LogP contribution in [0.2, 0.25) is 0 Å². The number of carbonyl (C=O) groups excluding carboxylic acids is 3. The van der Waals surface area contributed by atoms with Crippen molar-refractivity contribution in [1.29, 1.82) is 0 Å². The van der Waals surface area contributed by atoms with E-state index in [9.17, 15) is 14.4 Å². The molecule has 0 aliphatic carbocycles. The largest absolute Gasteiger partial charge is 0.444 e. The zero-order valence-corrected chi connectivity index (χ0v) is 16.4. The van der Waals surface area contributed by atoms with E-state index in [-0.39, 0.29) is 5.91 Å². The van der Waals surface area contributed by atoms with Gasteiger partial charge >= 0.3 is 6.09 Å². The first-order valence-corrected chi connectivity index (χ1v) is 8.91. The van der Waals surface area contributed by atoms with Crippen molar-refractivity contribution in [3.05, 3.63) is 60.2 Å². The SMILES string of the molecule is CC(NC(=O)OC(C)(C)C)C(=O)Nc1ccccc1C(=O)Nc1ccccc1. The molecule has 0 fully saturated rings. The number of rotatable bonds is 5. The summed E-state index contributed by atoms with van der Waals surface area (Å²) in [5.74, 6) is -0.819. The summed E-state index contributed by atoms with van der Waals surface area (Å²) < 4.78 is 5.14. The number of amides is 3. The average molecular weight is 383 g/mol. The fraction of sp³-hybridized carbons (Fsp3) is 0.286. The Labute approximate surface area is 164 Å². The second-order valence-electron chi connectivity index (χ2n) is 7.22. The molecule has 148 valence electrons. The fourth-order valence-corrected chi connectivity index (χ4v) is 2.30. The predicted molar refractivity (Wildman–Crippen MR) is 108 cm³/mol. The Kier molecular flexibility index (Phi) is 6.76. The molecule has 2 aromatic carbocycles. The van der Waals surface area contributed by atoms with Crippen molar-refractivity contribution in [3.8, 4) is 0 Å². The van der Waals surface area contributed by atoms with Crippen LogP contribution in [0.25, 0.3) is 0 Å². The van der Waals surface area contributed by atoms with E-state index in [0.29, 0.717) is 16.9 Å². The number of anilines is 2. The van der Waals surface area contributed by atoms with Gasteiger partial charge in [0.1, 0.15) is 11.6 Å². The lowest BCUT2D eigenvalue weighted by Gasteiger charge is -2.22. The zero-order valence-electron chi connectivity index (χ0n) is 16.4. The minimum absolute atomic E-state index is 0.309. The van der Waals surface area contributed by atoms with Crippen LogP contribution in [0.3, 0.4) is 0 Å². The molecule has 0 radical (unpaired) electrons. The third kappa shape index (κ3) is 6.42. The summed E-state index contributed by atoms with van der Waals surface area (Å²) in [6.07, 6.45) is -0.690. The lowest BCUT2D eigenvalue weighted by Crippen LogP contribution is -2.44. The van der Waals surface area contributed by atoms with Gasteiger partial charge in [0, 0.05) is 5.69 Å². The quantitative estimate of drug-likeness (QED) is 0.732. The standard InChI is InChI=1S/C21H25N3O4/c1-14(22-20(27)28-21(2,3)4)18(25)24-17-13-9-8-12-16(17)19(26)23-15-10-6-5-7-11-15/h5-14H,1-4H3,(H,22,27)(H,23,26)(H,24,25). The lowest BCUT2D eigenvalue weighted by atomic mass is 10.1. The molecule has 0 heterocycles. The van der Waals surface area contributed by atoms with Gasteiger partial charge in [-0.05, 0) is 52.0 Å². The minimum Gasteiger partial charge on any atom is -0.444 e. The summed E-state index contributed by atoms with van der Waals surface area (Å²) in [5, 5.41) is 7.93. The van der Waals surface area contributed by atoms with Crippen molar-refractivity contribution in [3.63, 3.8) is 0 Å². The van der Waals surface area contributed by atoms with E-state index in [0.717, 1.165) is 0 Å². The van der Waals surface area contributed by atoms with Crippen LogP contribution in [0, 0.1) is 0 Å². The van der Waals surface area contributed by atoms with Crippen LogP contribution in [0.15, 0.2) is 54.6 Å². The number of ether oxygens (including phenoxy) is 1. The molecular weight excluding hydrogens is 358 g/mol. The molecule has 3 amide bonds. The van der Waals surface area contributed by atoms with Gasteiger partial charge < -0.3 is 20.7 Å². The van der Waals surface area contributed by atoms with Gasteiger partial charge in [-0.3, -0.25) is 9.59 Å². The third-order valence-electron chi connectivity index (χ3n) is 3.59. The molecule has 7 nitrogen and oxygen atoms in total. The number of benzene rings is 2. The van der Waals surface area contributed by atoms with E-state index in [1.807, 2.05) is 18.2 Å². The van der Waals surface area contributed by atoms with E-state index in [1.165, 1.54) is 6.92 Å². The first kappa shape index (κ1) is 21.0. The Hall–Kier alpha value is -3.35. The molecular formula is C21H25N3O4. The summed E-state index contributed by atoms with van der Waals surface area (Å²) in [7, 11) is 0. The summed E-state index contributed by atoms with van der Waals surface area (Å²) >= 11 is 0. The molecule has 3 N–H and O–H groups in total. The molecule has 2 aromatic rings. The fourth-order valence-electron chi connectivity index (χ4n) is 2.30.